The Labute approximate surface area is 215 Å². The van der Waals surface area contributed by atoms with E-state index in [9.17, 15) is 14.4 Å². The molecule has 10 heteroatoms. The average Bonchev–Trinajstić information content (AvgIpc) is 2.84. The Morgan fingerprint density at radius 2 is 1.71 bits per heavy atom. The van der Waals surface area contributed by atoms with E-state index in [-0.39, 0.29) is 11.5 Å². The van der Waals surface area contributed by atoms with Crippen molar-refractivity contribution in [3.63, 3.8) is 0 Å². The molecule has 0 atom stereocenters. The van der Waals surface area contributed by atoms with Crippen LogP contribution in [0.5, 0.6) is 11.5 Å². The summed E-state index contributed by atoms with van der Waals surface area (Å²) in [6.45, 7) is 3.45. The van der Waals surface area contributed by atoms with Crippen molar-refractivity contribution in [2.75, 3.05) is 12.4 Å². The van der Waals surface area contributed by atoms with E-state index in [0.29, 0.717) is 27.5 Å². The number of hydrogen-bond acceptors (Lipinski definition) is 6. The first-order chi connectivity index (χ1) is 16.7. The van der Waals surface area contributed by atoms with Crippen LogP contribution in [0.1, 0.15) is 28.4 Å². The number of hydrogen-bond donors (Lipinski definition) is 2. The lowest BCUT2D eigenvalue weighted by molar-refractivity contribution is -0.136. The van der Waals surface area contributed by atoms with Gasteiger partial charge in [-0.3, -0.25) is 9.59 Å². The molecule has 0 aliphatic heterocycles. The van der Waals surface area contributed by atoms with E-state index < -0.39 is 17.8 Å². The maximum atomic E-state index is 12.4. The highest BCUT2D eigenvalue weighted by Crippen LogP contribution is 2.29. The maximum Gasteiger partial charge on any atom is 0.343 e. The van der Waals surface area contributed by atoms with Crippen LogP contribution >= 0.6 is 27.5 Å². The van der Waals surface area contributed by atoms with Crippen LogP contribution in [0, 0.1) is 6.92 Å². The molecule has 0 spiro atoms. The molecule has 0 bridgehead atoms. The highest BCUT2D eigenvalue weighted by atomic mass is 79.9. The van der Waals surface area contributed by atoms with Crippen LogP contribution in [-0.2, 0) is 9.59 Å². The molecule has 3 aromatic carbocycles. The molecule has 3 rings (SSSR count). The maximum absolute atomic E-state index is 12.4. The van der Waals surface area contributed by atoms with E-state index in [1.54, 1.807) is 55.5 Å². The molecule has 2 amide bonds. The summed E-state index contributed by atoms with van der Waals surface area (Å²) in [4.78, 5) is 36.8. The van der Waals surface area contributed by atoms with E-state index >= 15 is 0 Å². The molecule has 0 heterocycles. The van der Waals surface area contributed by atoms with Gasteiger partial charge in [0.25, 0.3) is 0 Å². The van der Waals surface area contributed by atoms with Crippen LogP contribution in [0.15, 0.2) is 70.2 Å². The number of carbonyl (C=O) groups excluding carboxylic acids is 3. The van der Waals surface area contributed by atoms with Gasteiger partial charge in [-0.25, -0.2) is 10.2 Å². The van der Waals surface area contributed by atoms with Crippen molar-refractivity contribution < 1.29 is 23.9 Å². The number of amides is 2. The van der Waals surface area contributed by atoms with E-state index in [0.717, 1.165) is 10.0 Å². The number of benzene rings is 3. The average molecular weight is 559 g/mol. The fraction of sp³-hybridized carbons (Fsp3) is 0.120. The lowest BCUT2D eigenvalue weighted by Crippen LogP contribution is -2.33. The third-order valence-electron chi connectivity index (χ3n) is 4.81. The van der Waals surface area contributed by atoms with Crippen molar-refractivity contribution in [1.82, 2.24) is 5.43 Å². The molecule has 3 aromatic rings. The number of rotatable bonds is 6. The molecule has 0 unspecified atom stereocenters. The monoisotopic (exact) mass is 557 g/mol. The van der Waals surface area contributed by atoms with Crippen LogP contribution < -0.4 is 20.2 Å². The zero-order valence-corrected chi connectivity index (χ0v) is 21.4. The van der Waals surface area contributed by atoms with Gasteiger partial charge in [0.1, 0.15) is 0 Å². The van der Waals surface area contributed by atoms with Crippen LogP contribution in [0.2, 0.25) is 5.02 Å². The second-order valence-corrected chi connectivity index (χ2v) is 8.67. The quantitative estimate of drug-likeness (QED) is 0.144. The number of nitrogens with one attached hydrogen (secondary N) is 2. The Morgan fingerprint density at radius 3 is 2.40 bits per heavy atom. The number of aryl methyl sites for hydroxylation is 1. The van der Waals surface area contributed by atoms with Crippen molar-refractivity contribution >= 4 is 56.7 Å². The highest BCUT2D eigenvalue weighted by Gasteiger charge is 2.16. The number of carbonyl (C=O) groups is 3. The molecule has 0 saturated heterocycles. The van der Waals surface area contributed by atoms with Gasteiger partial charge in [0.15, 0.2) is 11.5 Å². The van der Waals surface area contributed by atoms with Crippen molar-refractivity contribution in [3.05, 3.63) is 86.8 Å². The molecular weight excluding hydrogens is 538 g/mol. The zero-order chi connectivity index (χ0) is 25.5. The highest BCUT2D eigenvalue weighted by molar-refractivity contribution is 9.10. The standard InChI is InChI=1S/C25H21BrClN3O5/c1-14-11-18(26)8-9-20(14)28-23(31)24(32)30-29-15(2)16-7-10-21(22(13-16)34-3)35-25(33)17-5-4-6-19(27)12-17/h4-13H,1-3H3,(H,28,31)(H,30,32)/b29-15+. The van der Waals surface area contributed by atoms with E-state index in [4.69, 9.17) is 21.1 Å². The lowest BCUT2D eigenvalue weighted by Gasteiger charge is -2.11. The van der Waals surface area contributed by atoms with Crippen LogP contribution in [0.3, 0.4) is 0 Å². The van der Waals surface area contributed by atoms with Gasteiger partial charge in [0, 0.05) is 20.7 Å². The Balaban J connectivity index is 1.67. The second kappa shape index (κ2) is 11.6. The molecule has 0 aliphatic rings. The molecule has 180 valence electrons. The van der Waals surface area contributed by atoms with Gasteiger partial charge in [-0.05, 0) is 74.0 Å². The number of halogens is 2. The normalized spacial score (nSPS) is 10.9. The van der Waals surface area contributed by atoms with E-state index in [1.165, 1.54) is 13.2 Å². The van der Waals surface area contributed by atoms with E-state index in [2.05, 4.69) is 31.8 Å². The Bertz CT molecular complexity index is 1330. The summed E-state index contributed by atoms with van der Waals surface area (Å²) in [5, 5.41) is 6.94. The third-order valence-corrected chi connectivity index (χ3v) is 5.54. The molecule has 35 heavy (non-hydrogen) atoms. The zero-order valence-electron chi connectivity index (χ0n) is 19.0. The fourth-order valence-electron chi connectivity index (χ4n) is 2.95. The molecule has 0 aromatic heterocycles. The summed E-state index contributed by atoms with van der Waals surface area (Å²) in [5.74, 6) is -1.90. The fourth-order valence-corrected chi connectivity index (χ4v) is 3.61. The van der Waals surface area contributed by atoms with Gasteiger partial charge in [-0.2, -0.15) is 5.10 Å². The minimum atomic E-state index is -0.925. The van der Waals surface area contributed by atoms with Gasteiger partial charge in [0.05, 0.1) is 18.4 Å². The topological polar surface area (TPSA) is 106 Å². The van der Waals surface area contributed by atoms with Gasteiger partial charge >= 0.3 is 17.8 Å². The SMILES string of the molecule is COc1cc(/C(C)=N/NC(=O)C(=O)Nc2ccc(Br)cc2C)ccc1OC(=O)c1cccc(Cl)c1. The van der Waals surface area contributed by atoms with Gasteiger partial charge < -0.3 is 14.8 Å². The van der Waals surface area contributed by atoms with Crippen LogP contribution in [-0.4, -0.2) is 30.6 Å². The number of hydrazone groups is 1. The van der Waals surface area contributed by atoms with Crippen LogP contribution in [0.25, 0.3) is 0 Å². The minimum absolute atomic E-state index is 0.197. The summed E-state index contributed by atoms with van der Waals surface area (Å²) in [6, 6.07) is 16.4. The minimum Gasteiger partial charge on any atom is -0.493 e. The molecule has 2 N–H and O–H groups in total. The number of methoxy groups -OCH3 is 1. The number of anilines is 1. The first-order valence-electron chi connectivity index (χ1n) is 10.3. The molecular formula is C25H21BrClN3O5. The predicted molar refractivity (Wildman–Crippen MR) is 137 cm³/mol. The largest absolute Gasteiger partial charge is 0.493 e. The molecule has 0 fully saturated rings. The Hall–Kier alpha value is -3.69. The smallest absolute Gasteiger partial charge is 0.343 e. The Morgan fingerprint density at radius 1 is 0.943 bits per heavy atom. The molecule has 0 radical (unpaired) electrons. The lowest BCUT2D eigenvalue weighted by atomic mass is 10.1. The number of ether oxygens (including phenoxy) is 2. The summed E-state index contributed by atoms with van der Waals surface area (Å²) in [7, 11) is 1.43. The van der Waals surface area contributed by atoms with E-state index in [1.807, 2.05) is 13.0 Å². The van der Waals surface area contributed by atoms with Gasteiger partial charge in [-0.1, -0.05) is 33.6 Å². The number of nitrogens with zero attached hydrogens (tertiary/aromatic N) is 1. The summed E-state index contributed by atoms with van der Waals surface area (Å²) in [6.07, 6.45) is 0. The first-order valence-corrected chi connectivity index (χ1v) is 11.4. The summed E-state index contributed by atoms with van der Waals surface area (Å²) >= 11 is 9.27. The molecule has 0 saturated carbocycles. The summed E-state index contributed by atoms with van der Waals surface area (Å²) < 4.78 is 11.6. The predicted octanol–water partition coefficient (Wildman–Crippen LogP) is 5.12. The second-order valence-electron chi connectivity index (χ2n) is 7.32. The summed E-state index contributed by atoms with van der Waals surface area (Å²) in [5.41, 5.74) is 4.81. The van der Waals surface area contributed by atoms with Crippen molar-refractivity contribution in [2.24, 2.45) is 5.10 Å². The van der Waals surface area contributed by atoms with Crippen molar-refractivity contribution in [1.29, 1.82) is 0 Å². The van der Waals surface area contributed by atoms with Crippen molar-refractivity contribution in [3.8, 4) is 11.5 Å². The first kappa shape index (κ1) is 25.9. The van der Waals surface area contributed by atoms with Gasteiger partial charge in [-0.15, -0.1) is 0 Å². The molecule has 8 nitrogen and oxygen atoms in total. The van der Waals surface area contributed by atoms with Crippen LogP contribution in [0.4, 0.5) is 5.69 Å². The third kappa shape index (κ3) is 6.91. The van der Waals surface area contributed by atoms with Gasteiger partial charge in [0.2, 0.25) is 0 Å². The molecule has 0 aliphatic carbocycles. The Kier molecular flexibility index (Phi) is 8.62. The number of esters is 1. The van der Waals surface area contributed by atoms with Crippen molar-refractivity contribution in [2.45, 2.75) is 13.8 Å².